The second-order valence-corrected chi connectivity index (χ2v) is 8.70. The third-order valence-electron chi connectivity index (χ3n) is 4.60. The number of amides is 1. The Hall–Kier alpha value is -2.44. The quantitative estimate of drug-likeness (QED) is 0.368. The number of anilines is 1. The van der Waals surface area contributed by atoms with Gasteiger partial charge in [-0.25, -0.2) is 4.98 Å². The fourth-order valence-corrected chi connectivity index (χ4v) is 4.66. The molecule has 0 aliphatic heterocycles. The number of carbonyl (C=O) groups excluding carboxylic acids is 1. The van der Waals surface area contributed by atoms with Gasteiger partial charge in [-0.3, -0.25) is 9.69 Å². The number of carbonyl (C=O) groups is 1. The Balaban J connectivity index is 1.68. The first kappa shape index (κ1) is 18.9. The first-order chi connectivity index (χ1) is 13.5. The van der Waals surface area contributed by atoms with E-state index in [4.69, 9.17) is 9.40 Å². The van der Waals surface area contributed by atoms with Gasteiger partial charge in [-0.2, -0.15) is 0 Å². The number of rotatable bonds is 5. The summed E-state index contributed by atoms with van der Waals surface area (Å²) in [6, 6.07) is 15.8. The summed E-state index contributed by atoms with van der Waals surface area (Å²) in [5, 5.41) is 0.680. The lowest BCUT2D eigenvalue weighted by atomic mass is 10.0. The van der Waals surface area contributed by atoms with Crippen LogP contribution < -0.4 is 4.90 Å². The van der Waals surface area contributed by atoms with Crippen molar-refractivity contribution in [1.82, 2.24) is 4.98 Å². The van der Waals surface area contributed by atoms with Crippen LogP contribution in [0.4, 0.5) is 5.13 Å². The Morgan fingerprint density at radius 1 is 1.18 bits per heavy atom. The summed E-state index contributed by atoms with van der Waals surface area (Å²) in [6.45, 7) is 4.46. The molecule has 0 spiro atoms. The van der Waals surface area contributed by atoms with Gasteiger partial charge in [-0.1, -0.05) is 51.0 Å². The van der Waals surface area contributed by atoms with Gasteiger partial charge < -0.3 is 4.42 Å². The van der Waals surface area contributed by atoms with Crippen LogP contribution in [-0.2, 0) is 17.8 Å². The van der Waals surface area contributed by atoms with E-state index in [2.05, 4.69) is 28.9 Å². The van der Waals surface area contributed by atoms with Crippen molar-refractivity contribution in [1.29, 1.82) is 0 Å². The van der Waals surface area contributed by atoms with Crippen molar-refractivity contribution in [2.24, 2.45) is 0 Å². The van der Waals surface area contributed by atoms with Crippen molar-refractivity contribution in [2.75, 3.05) is 4.90 Å². The minimum Gasteiger partial charge on any atom is -0.467 e. The minimum absolute atomic E-state index is 0.00137. The molecule has 2 aromatic heterocycles. The number of halogens is 1. The number of nitrogens with zero attached hydrogens (tertiary/aromatic N) is 2. The molecule has 142 valence electrons. The van der Waals surface area contributed by atoms with Gasteiger partial charge >= 0.3 is 0 Å². The first-order valence-corrected chi connectivity index (χ1v) is 10.6. The summed E-state index contributed by atoms with van der Waals surface area (Å²) >= 11 is 5.01. The lowest BCUT2D eigenvalue weighted by Gasteiger charge is -2.19. The van der Waals surface area contributed by atoms with E-state index < -0.39 is 0 Å². The Kier molecular flexibility index (Phi) is 5.33. The lowest BCUT2D eigenvalue weighted by molar-refractivity contribution is -0.118. The monoisotopic (exact) mass is 454 g/mol. The third kappa shape index (κ3) is 4.03. The fraction of sp³-hybridized carbons (Fsp3) is 0.182. The minimum atomic E-state index is 0.00137. The summed E-state index contributed by atoms with van der Waals surface area (Å²) in [7, 11) is 0. The van der Waals surface area contributed by atoms with Crippen molar-refractivity contribution in [2.45, 2.75) is 26.8 Å². The second-order valence-electron chi connectivity index (χ2n) is 6.77. The molecular formula is C22H19BrN2O2S. The molecule has 0 aliphatic carbocycles. The van der Waals surface area contributed by atoms with Crippen LogP contribution in [0.2, 0.25) is 0 Å². The fourth-order valence-electron chi connectivity index (χ4n) is 3.13. The molecule has 2 heterocycles. The average Bonchev–Trinajstić information content (AvgIpc) is 3.30. The number of benzene rings is 2. The Morgan fingerprint density at radius 2 is 2.04 bits per heavy atom. The van der Waals surface area contributed by atoms with E-state index in [9.17, 15) is 4.79 Å². The Bertz CT molecular complexity index is 1130. The highest BCUT2D eigenvalue weighted by atomic mass is 79.9. The zero-order valence-corrected chi connectivity index (χ0v) is 18.0. The molecule has 0 bridgehead atoms. The molecule has 0 saturated carbocycles. The summed E-state index contributed by atoms with van der Waals surface area (Å²) < 4.78 is 7.52. The maximum absolute atomic E-state index is 13.3. The molecular weight excluding hydrogens is 436 g/mol. The molecule has 0 N–H and O–H groups in total. The number of furan rings is 1. The van der Waals surface area contributed by atoms with Crippen molar-refractivity contribution in [3.05, 3.63) is 81.7 Å². The molecule has 28 heavy (non-hydrogen) atoms. The number of thiazole rings is 1. The maximum Gasteiger partial charge on any atom is 0.233 e. The van der Waals surface area contributed by atoms with Crippen LogP contribution in [-0.4, -0.2) is 10.9 Å². The smallest absolute Gasteiger partial charge is 0.233 e. The van der Waals surface area contributed by atoms with Gasteiger partial charge in [0, 0.05) is 4.47 Å². The van der Waals surface area contributed by atoms with E-state index >= 15 is 0 Å². The normalized spacial score (nSPS) is 11.1. The van der Waals surface area contributed by atoms with Gasteiger partial charge in [0.15, 0.2) is 5.13 Å². The van der Waals surface area contributed by atoms with Crippen LogP contribution in [0.5, 0.6) is 0 Å². The number of aryl methyl sites for hydroxylation is 2. The number of hydrogen-bond donors (Lipinski definition) is 0. The van der Waals surface area contributed by atoms with Crippen molar-refractivity contribution >= 4 is 48.5 Å². The molecule has 4 aromatic rings. The molecule has 1 amide bonds. The summed E-state index contributed by atoms with van der Waals surface area (Å²) in [5.41, 5.74) is 4.23. The Morgan fingerprint density at radius 3 is 2.79 bits per heavy atom. The molecule has 0 aliphatic rings. The molecule has 0 saturated heterocycles. The zero-order chi connectivity index (χ0) is 19.7. The van der Waals surface area contributed by atoms with Gasteiger partial charge in [0.2, 0.25) is 5.91 Å². The van der Waals surface area contributed by atoms with E-state index in [1.165, 1.54) is 16.9 Å². The van der Waals surface area contributed by atoms with Crippen LogP contribution in [0.25, 0.3) is 10.2 Å². The summed E-state index contributed by atoms with van der Waals surface area (Å²) in [6.07, 6.45) is 1.95. The van der Waals surface area contributed by atoms with E-state index in [-0.39, 0.29) is 5.91 Å². The Labute approximate surface area is 175 Å². The first-order valence-electron chi connectivity index (χ1n) is 8.94. The predicted molar refractivity (Wildman–Crippen MR) is 117 cm³/mol. The molecule has 6 heteroatoms. The molecule has 4 rings (SSSR count). The predicted octanol–water partition coefficient (Wildman–Crippen LogP) is 6.04. The van der Waals surface area contributed by atoms with Crippen LogP contribution >= 0.6 is 27.3 Å². The van der Waals surface area contributed by atoms with Crippen molar-refractivity contribution in [3.8, 4) is 0 Å². The standard InChI is InChI=1S/C22H19BrN2O2S/c1-14-5-6-16(15(2)10-14)11-21(26)25(13-18-4-3-9-27-18)22-24-19-8-7-17(23)12-20(19)28-22/h3-10,12H,11,13H2,1-2H3. The largest absolute Gasteiger partial charge is 0.467 e. The third-order valence-corrected chi connectivity index (χ3v) is 6.14. The van der Waals surface area contributed by atoms with Crippen molar-refractivity contribution in [3.63, 3.8) is 0 Å². The summed E-state index contributed by atoms with van der Waals surface area (Å²) in [5.74, 6) is 0.732. The number of fused-ring (bicyclic) bond motifs is 1. The van der Waals surface area contributed by atoms with Crippen LogP contribution in [0.15, 0.2) is 63.7 Å². The molecule has 0 unspecified atom stereocenters. The maximum atomic E-state index is 13.3. The van der Waals surface area contributed by atoms with Crippen LogP contribution in [0.1, 0.15) is 22.5 Å². The van der Waals surface area contributed by atoms with Crippen molar-refractivity contribution < 1.29 is 9.21 Å². The molecule has 4 nitrogen and oxygen atoms in total. The highest BCUT2D eigenvalue weighted by Crippen LogP contribution is 2.32. The topological polar surface area (TPSA) is 46.3 Å². The van der Waals surface area contributed by atoms with E-state index in [1.807, 2.05) is 49.4 Å². The van der Waals surface area contributed by atoms with Gasteiger partial charge in [-0.15, -0.1) is 0 Å². The van der Waals surface area contributed by atoms with E-state index in [0.29, 0.717) is 18.1 Å². The van der Waals surface area contributed by atoms with Gasteiger partial charge in [-0.05, 0) is 55.3 Å². The average molecular weight is 455 g/mol. The molecule has 0 fully saturated rings. The van der Waals surface area contributed by atoms with E-state index in [1.54, 1.807) is 11.2 Å². The van der Waals surface area contributed by atoms with Gasteiger partial charge in [0.25, 0.3) is 0 Å². The molecule has 2 aromatic carbocycles. The SMILES string of the molecule is Cc1ccc(CC(=O)N(Cc2ccco2)c2nc3ccc(Br)cc3s2)c(C)c1. The highest BCUT2D eigenvalue weighted by molar-refractivity contribution is 9.10. The lowest BCUT2D eigenvalue weighted by Crippen LogP contribution is -2.31. The van der Waals surface area contributed by atoms with E-state index in [0.717, 1.165) is 31.6 Å². The number of hydrogen-bond acceptors (Lipinski definition) is 4. The summed E-state index contributed by atoms with van der Waals surface area (Å²) in [4.78, 5) is 19.7. The van der Waals surface area contributed by atoms with Gasteiger partial charge in [0.05, 0.1) is 29.4 Å². The second kappa shape index (κ2) is 7.89. The van der Waals surface area contributed by atoms with Gasteiger partial charge in [0.1, 0.15) is 5.76 Å². The number of aromatic nitrogens is 1. The van der Waals surface area contributed by atoms with Crippen LogP contribution in [0, 0.1) is 13.8 Å². The zero-order valence-electron chi connectivity index (χ0n) is 15.6. The molecule has 0 radical (unpaired) electrons. The highest BCUT2D eigenvalue weighted by Gasteiger charge is 2.22. The molecule has 0 atom stereocenters. The van der Waals surface area contributed by atoms with Crippen LogP contribution in [0.3, 0.4) is 0 Å².